The zero-order valence-corrected chi connectivity index (χ0v) is 14.3. The molecule has 0 bridgehead atoms. The fourth-order valence-corrected chi connectivity index (χ4v) is 3.09. The molecule has 0 aliphatic heterocycles. The Morgan fingerprint density at radius 3 is 2.30 bits per heavy atom. The number of aromatic nitrogens is 2. The lowest BCUT2D eigenvalue weighted by atomic mass is 9.93. The second-order valence-corrected chi connectivity index (χ2v) is 6.10. The Labute approximate surface area is 153 Å². The number of hydrogen-bond donors (Lipinski definition) is 1. The summed E-state index contributed by atoms with van der Waals surface area (Å²) in [5, 5.41) is 22.9. The molecule has 27 heavy (non-hydrogen) atoms. The number of nitrogens with zero attached hydrogens (tertiary/aromatic N) is 3. The Balaban J connectivity index is 2.15. The zero-order valence-electron chi connectivity index (χ0n) is 14.3. The molecule has 6 heteroatoms. The third kappa shape index (κ3) is 2.76. The molecule has 0 unspecified atom stereocenters. The van der Waals surface area contributed by atoms with Gasteiger partial charge >= 0.3 is 0 Å². The van der Waals surface area contributed by atoms with E-state index in [9.17, 15) is 10.1 Å². The number of benzene rings is 2. The number of rotatable bonds is 2. The second kappa shape index (κ2) is 6.29. The van der Waals surface area contributed by atoms with Gasteiger partial charge in [0, 0.05) is 22.5 Å². The standard InChI is InChI=1S/C21H12N4O2/c1-12-8-18(27-25-12)20-19(15-5-2-13(10-22)3-6-15)16-9-14(11-23)4-7-17(16)24-21(20)26/h2-9H,1H3,(H,24,26). The van der Waals surface area contributed by atoms with Crippen LogP contribution in [0, 0.1) is 29.6 Å². The monoisotopic (exact) mass is 352 g/mol. The lowest BCUT2D eigenvalue weighted by Gasteiger charge is -2.11. The zero-order chi connectivity index (χ0) is 19.0. The highest BCUT2D eigenvalue weighted by molar-refractivity contribution is 6.01. The van der Waals surface area contributed by atoms with Gasteiger partial charge in [-0.15, -0.1) is 0 Å². The molecule has 6 nitrogen and oxygen atoms in total. The summed E-state index contributed by atoms with van der Waals surface area (Å²) in [6.07, 6.45) is 0. The number of nitriles is 2. The van der Waals surface area contributed by atoms with Crippen molar-refractivity contribution >= 4 is 10.9 Å². The van der Waals surface area contributed by atoms with Crippen molar-refractivity contribution in [1.29, 1.82) is 10.5 Å². The summed E-state index contributed by atoms with van der Waals surface area (Å²) in [7, 11) is 0. The number of aromatic amines is 1. The van der Waals surface area contributed by atoms with Gasteiger partial charge in [-0.3, -0.25) is 4.79 Å². The third-order valence-corrected chi connectivity index (χ3v) is 4.32. The van der Waals surface area contributed by atoms with E-state index in [0.29, 0.717) is 44.6 Å². The summed E-state index contributed by atoms with van der Waals surface area (Å²) >= 11 is 0. The van der Waals surface area contributed by atoms with Crippen molar-refractivity contribution in [1.82, 2.24) is 10.1 Å². The predicted octanol–water partition coefficient (Wildman–Crippen LogP) is 3.90. The number of pyridine rings is 1. The number of nitrogens with one attached hydrogen (secondary N) is 1. The molecule has 0 spiro atoms. The fourth-order valence-electron chi connectivity index (χ4n) is 3.09. The van der Waals surface area contributed by atoms with Gasteiger partial charge in [0.2, 0.25) is 0 Å². The molecule has 0 fully saturated rings. The summed E-state index contributed by atoms with van der Waals surface area (Å²) in [4.78, 5) is 15.7. The highest BCUT2D eigenvalue weighted by Gasteiger charge is 2.20. The molecule has 0 aliphatic carbocycles. The SMILES string of the molecule is Cc1cc(-c2c(-c3ccc(C#N)cc3)c3cc(C#N)ccc3[nH]c2=O)on1. The first-order valence-corrected chi connectivity index (χ1v) is 8.15. The number of aryl methyl sites for hydroxylation is 1. The topological polar surface area (TPSA) is 106 Å². The smallest absolute Gasteiger partial charge is 0.260 e. The van der Waals surface area contributed by atoms with Crippen molar-refractivity contribution in [2.24, 2.45) is 0 Å². The van der Waals surface area contributed by atoms with Crippen LogP contribution < -0.4 is 5.56 Å². The summed E-state index contributed by atoms with van der Waals surface area (Å²) in [5.74, 6) is 0.345. The molecule has 0 aliphatic rings. The van der Waals surface area contributed by atoms with Gasteiger partial charge in [-0.05, 0) is 42.8 Å². The first-order valence-electron chi connectivity index (χ1n) is 8.15. The van der Waals surface area contributed by atoms with Crippen LogP contribution in [-0.4, -0.2) is 10.1 Å². The van der Waals surface area contributed by atoms with Gasteiger partial charge < -0.3 is 9.51 Å². The van der Waals surface area contributed by atoms with Gasteiger partial charge in [-0.25, -0.2) is 0 Å². The van der Waals surface area contributed by atoms with Crippen LogP contribution in [0.25, 0.3) is 33.4 Å². The van der Waals surface area contributed by atoms with Crippen molar-refractivity contribution in [2.45, 2.75) is 6.92 Å². The molecule has 0 saturated heterocycles. The van der Waals surface area contributed by atoms with E-state index in [4.69, 9.17) is 9.78 Å². The first kappa shape index (κ1) is 16.3. The maximum absolute atomic E-state index is 12.9. The highest BCUT2D eigenvalue weighted by atomic mass is 16.5. The van der Waals surface area contributed by atoms with Gasteiger partial charge in [0.25, 0.3) is 5.56 Å². The molecule has 128 valence electrons. The average Bonchev–Trinajstić information content (AvgIpc) is 3.12. The Morgan fingerprint density at radius 1 is 0.963 bits per heavy atom. The minimum atomic E-state index is -0.317. The number of H-pyrrole nitrogens is 1. The summed E-state index contributed by atoms with van der Waals surface area (Å²) < 4.78 is 5.36. The molecule has 0 saturated carbocycles. The average molecular weight is 352 g/mol. The van der Waals surface area contributed by atoms with Crippen LogP contribution in [0.15, 0.2) is 57.8 Å². The van der Waals surface area contributed by atoms with Crippen molar-refractivity contribution < 1.29 is 4.52 Å². The minimum absolute atomic E-state index is 0.317. The van der Waals surface area contributed by atoms with Crippen LogP contribution in [0.2, 0.25) is 0 Å². The van der Waals surface area contributed by atoms with Gasteiger partial charge in [0.15, 0.2) is 5.76 Å². The number of hydrogen-bond acceptors (Lipinski definition) is 5. The highest BCUT2D eigenvalue weighted by Crippen LogP contribution is 2.35. The van der Waals surface area contributed by atoms with Crippen LogP contribution in [0.5, 0.6) is 0 Å². The summed E-state index contributed by atoms with van der Waals surface area (Å²) in [5.41, 5.74) is 3.65. The van der Waals surface area contributed by atoms with Crippen LogP contribution in [0.3, 0.4) is 0 Å². The minimum Gasteiger partial charge on any atom is -0.356 e. The van der Waals surface area contributed by atoms with Crippen LogP contribution in [0.1, 0.15) is 16.8 Å². The fraction of sp³-hybridized carbons (Fsp3) is 0.0476. The first-order chi connectivity index (χ1) is 13.1. The molecular weight excluding hydrogens is 340 g/mol. The second-order valence-electron chi connectivity index (χ2n) is 6.10. The molecule has 2 heterocycles. The molecule has 0 amide bonds. The van der Waals surface area contributed by atoms with Gasteiger partial charge in [0.1, 0.15) is 0 Å². The molecular formula is C21H12N4O2. The van der Waals surface area contributed by atoms with E-state index in [0.717, 1.165) is 5.56 Å². The molecule has 1 N–H and O–H groups in total. The lowest BCUT2D eigenvalue weighted by molar-refractivity contribution is 0.427. The van der Waals surface area contributed by atoms with E-state index < -0.39 is 0 Å². The van der Waals surface area contributed by atoms with E-state index in [1.54, 1.807) is 55.5 Å². The van der Waals surface area contributed by atoms with Gasteiger partial charge in [-0.1, -0.05) is 17.3 Å². The van der Waals surface area contributed by atoms with E-state index in [1.165, 1.54) is 0 Å². The Morgan fingerprint density at radius 2 is 1.67 bits per heavy atom. The van der Waals surface area contributed by atoms with Crippen molar-refractivity contribution in [2.75, 3.05) is 0 Å². The van der Waals surface area contributed by atoms with Crippen molar-refractivity contribution in [3.63, 3.8) is 0 Å². The Kier molecular flexibility index (Phi) is 3.80. The van der Waals surface area contributed by atoms with Crippen LogP contribution in [0.4, 0.5) is 0 Å². The van der Waals surface area contributed by atoms with Crippen LogP contribution in [-0.2, 0) is 0 Å². The van der Waals surface area contributed by atoms with E-state index >= 15 is 0 Å². The molecule has 0 atom stereocenters. The predicted molar refractivity (Wildman–Crippen MR) is 99.7 cm³/mol. The molecule has 2 aromatic heterocycles. The Hall–Kier alpha value is -4.16. The number of fused-ring (bicyclic) bond motifs is 1. The summed E-state index contributed by atoms with van der Waals surface area (Å²) in [6, 6.07) is 17.9. The maximum atomic E-state index is 12.9. The van der Waals surface area contributed by atoms with E-state index in [2.05, 4.69) is 22.3 Å². The van der Waals surface area contributed by atoms with E-state index in [-0.39, 0.29) is 5.56 Å². The molecule has 4 aromatic rings. The maximum Gasteiger partial charge on any atom is 0.260 e. The van der Waals surface area contributed by atoms with Crippen molar-refractivity contribution in [3.05, 3.63) is 75.7 Å². The quantitative estimate of drug-likeness (QED) is 0.589. The molecule has 4 rings (SSSR count). The van der Waals surface area contributed by atoms with Gasteiger partial charge in [-0.2, -0.15) is 10.5 Å². The molecule has 0 radical (unpaired) electrons. The lowest BCUT2D eigenvalue weighted by Crippen LogP contribution is -2.11. The van der Waals surface area contributed by atoms with Crippen molar-refractivity contribution in [3.8, 4) is 34.6 Å². The summed E-state index contributed by atoms with van der Waals surface area (Å²) in [6.45, 7) is 1.78. The van der Waals surface area contributed by atoms with Crippen LogP contribution >= 0.6 is 0 Å². The largest absolute Gasteiger partial charge is 0.356 e. The third-order valence-electron chi connectivity index (χ3n) is 4.32. The Bertz CT molecular complexity index is 1320. The normalized spacial score (nSPS) is 10.5. The van der Waals surface area contributed by atoms with Gasteiger partial charge in [0.05, 0.1) is 34.5 Å². The van der Waals surface area contributed by atoms with E-state index in [1.807, 2.05) is 0 Å². The molecule has 2 aromatic carbocycles.